The lowest BCUT2D eigenvalue weighted by atomic mass is 10.1. The summed E-state index contributed by atoms with van der Waals surface area (Å²) >= 11 is 0. The molecule has 0 amide bonds. The van der Waals surface area contributed by atoms with E-state index in [0.717, 1.165) is 18.8 Å². The van der Waals surface area contributed by atoms with Crippen LogP contribution >= 0.6 is 0 Å². The summed E-state index contributed by atoms with van der Waals surface area (Å²) in [6, 6.07) is 10.5. The lowest BCUT2D eigenvalue weighted by Crippen LogP contribution is -2.31. The highest BCUT2D eigenvalue weighted by Crippen LogP contribution is 2.21. The number of hydrogen-bond acceptors (Lipinski definition) is 4. The number of rotatable bonds is 7. The van der Waals surface area contributed by atoms with Gasteiger partial charge in [-0.25, -0.2) is 0 Å². The third-order valence-corrected chi connectivity index (χ3v) is 2.85. The van der Waals surface area contributed by atoms with Crippen LogP contribution in [0.15, 0.2) is 24.3 Å². The van der Waals surface area contributed by atoms with Gasteiger partial charge in [-0.05, 0) is 31.8 Å². The van der Waals surface area contributed by atoms with Crippen molar-refractivity contribution < 1.29 is 4.74 Å². The van der Waals surface area contributed by atoms with Gasteiger partial charge in [0.25, 0.3) is 0 Å². The molecular weight excluding hydrogens is 226 g/mol. The smallest absolute Gasteiger partial charge is 0.119 e. The largest absolute Gasteiger partial charge is 0.497 e. The highest BCUT2D eigenvalue weighted by Gasteiger charge is 2.13. The number of hydrogen-bond donors (Lipinski definition) is 1. The molecule has 4 nitrogen and oxygen atoms in total. The lowest BCUT2D eigenvalue weighted by molar-refractivity contribution is 0.288. The molecule has 0 saturated carbocycles. The molecule has 1 aromatic carbocycles. The first-order valence-corrected chi connectivity index (χ1v) is 6.07. The van der Waals surface area contributed by atoms with Crippen LogP contribution in [0.4, 0.5) is 0 Å². The number of benzene rings is 1. The molecule has 0 heterocycles. The SMILES string of the molecule is COc1cccc(C(CNCCC#N)N(C)C)c1. The molecule has 1 unspecified atom stereocenters. The molecule has 0 aliphatic rings. The number of nitrogens with one attached hydrogen (secondary N) is 1. The van der Waals surface area contributed by atoms with Gasteiger partial charge in [-0.1, -0.05) is 12.1 Å². The normalized spacial score (nSPS) is 12.2. The maximum Gasteiger partial charge on any atom is 0.119 e. The summed E-state index contributed by atoms with van der Waals surface area (Å²) in [7, 11) is 5.78. The van der Waals surface area contributed by atoms with E-state index < -0.39 is 0 Å². The number of likely N-dealkylation sites (N-methyl/N-ethyl adjacent to an activating group) is 1. The van der Waals surface area contributed by atoms with Crippen molar-refractivity contribution in [3.63, 3.8) is 0 Å². The molecule has 98 valence electrons. The third kappa shape index (κ3) is 4.36. The molecule has 0 aromatic heterocycles. The van der Waals surface area contributed by atoms with Crippen molar-refractivity contribution in [1.82, 2.24) is 10.2 Å². The zero-order chi connectivity index (χ0) is 13.4. The van der Waals surface area contributed by atoms with Crippen molar-refractivity contribution in [2.45, 2.75) is 12.5 Å². The first-order chi connectivity index (χ1) is 8.69. The highest BCUT2D eigenvalue weighted by molar-refractivity contribution is 5.30. The van der Waals surface area contributed by atoms with Crippen LogP contribution in [-0.4, -0.2) is 39.2 Å². The quantitative estimate of drug-likeness (QED) is 0.746. The van der Waals surface area contributed by atoms with Gasteiger partial charge in [0.1, 0.15) is 5.75 Å². The van der Waals surface area contributed by atoms with Crippen molar-refractivity contribution in [2.75, 3.05) is 34.3 Å². The van der Waals surface area contributed by atoms with Gasteiger partial charge in [0, 0.05) is 25.6 Å². The Hall–Kier alpha value is -1.57. The van der Waals surface area contributed by atoms with Crippen LogP contribution in [0, 0.1) is 11.3 Å². The van der Waals surface area contributed by atoms with Gasteiger partial charge in [0.15, 0.2) is 0 Å². The van der Waals surface area contributed by atoms with E-state index in [1.165, 1.54) is 5.56 Å². The van der Waals surface area contributed by atoms with Gasteiger partial charge in [0.05, 0.1) is 13.2 Å². The van der Waals surface area contributed by atoms with E-state index in [-0.39, 0.29) is 6.04 Å². The van der Waals surface area contributed by atoms with E-state index in [1.807, 2.05) is 12.1 Å². The van der Waals surface area contributed by atoms with Crippen LogP contribution in [0.25, 0.3) is 0 Å². The summed E-state index contributed by atoms with van der Waals surface area (Å²) in [5.74, 6) is 0.872. The molecule has 0 aliphatic heterocycles. The average Bonchev–Trinajstić information content (AvgIpc) is 2.38. The summed E-state index contributed by atoms with van der Waals surface area (Å²) in [5, 5.41) is 11.8. The number of ether oxygens (including phenoxy) is 1. The summed E-state index contributed by atoms with van der Waals surface area (Å²) < 4.78 is 5.25. The van der Waals surface area contributed by atoms with Crippen LogP contribution in [0.3, 0.4) is 0 Å². The van der Waals surface area contributed by atoms with Crippen LogP contribution in [-0.2, 0) is 0 Å². The van der Waals surface area contributed by atoms with Crippen molar-refractivity contribution in [1.29, 1.82) is 5.26 Å². The predicted octanol–water partition coefficient (Wildman–Crippen LogP) is 1.80. The number of nitriles is 1. The molecule has 1 atom stereocenters. The zero-order valence-electron chi connectivity index (χ0n) is 11.3. The van der Waals surface area contributed by atoms with Crippen LogP contribution in [0.1, 0.15) is 18.0 Å². The Morgan fingerprint density at radius 1 is 1.44 bits per heavy atom. The molecule has 0 spiro atoms. The Labute approximate surface area is 109 Å². The molecule has 18 heavy (non-hydrogen) atoms. The molecule has 1 aromatic rings. The molecule has 0 bridgehead atoms. The summed E-state index contributed by atoms with van der Waals surface area (Å²) in [4.78, 5) is 2.16. The molecule has 0 aliphatic carbocycles. The molecule has 0 fully saturated rings. The van der Waals surface area contributed by atoms with Crippen molar-refractivity contribution in [3.8, 4) is 11.8 Å². The van der Waals surface area contributed by atoms with Gasteiger partial charge < -0.3 is 15.0 Å². The fourth-order valence-corrected chi connectivity index (χ4v) is 1.83. The Bertz CT molecular complexity index is 398. The van der Waals surface area contributed by atoms with Crippen molar-refractivity contribution in [3.05, 3.63) is 29.8 Å². The van der Waals surface area contributed by atoms with Gasteiger partial charge >= 0.3 is 0 Å². The molecule has 0 saturated heterocycles. The summed E-state index contributed by atoms with van der Waals surface area (Å²) in [6.07, 6.45) is 0.540. The van der Waals surface area contributed by atoms with Crippen LogP contribution < -0.4 is 10.1 Å². The Balaban J connectivity index is 2.68. The maximum atomic E-state index is 8.51. The lowest BCUT2D eigenvalue weighted by Gasteiger charge is -2.25. The summed E-state index contributed by atoms with van der Waals surface area (Å²) in [5.41, 5.74) is 1.21. The van der Waals surface area contributed by atoms with Gasteiger partial charge in [-0.15, -0.1) is 0 Å². The third-order valence-electron chi connectivity index (χ3n) is 2.85. The van der Waals surface area contributed by atoms with Gasteiger partial charge in [0.2, 0.25) is 0 Å². The Kier molecular flexibility index (Phi) is 6.20. The van der Waals surface area contributed by atoms with E-state index in [0.29, 0.717) is 6.42 Å². The molecule has 4 heteroatoms. The minimum Gasteiger partial charge on any atom is -0.497 e. The maximum absolute atomic E-state index is 8.51. The van der Waals surface area contributed by atoms with Crippen molar-refractivity contribution in [2.24, 2.45) is 0 Å². The topological polar surface area (TPSA) is 48.3 Å². The zero-order valence-corrected chi connectivity index (χ0v) is 11.3. The van der Waals surface area contributed by atoms with E-state index in [9.17, 15) is 0 Å². The second-order valence-electron chi connectivity index (χ2n) is 4.37. The predicted molar refractivity (Wildman–Crippen MR) is 72.5 cm³/mol. The Morgan fingerprint density at radius 3 is 2.83 bits per heavy atom. The number of methoxy groups -OCH3 is 1. The van der Waals surface area contributed by atoms with E-state index in [4.69, 9.17) is 10.00 Å². The molecule has 1 N–H and O–H groups in total. The highest BCUT2D eigenvalue weighted by atomic mass is 16.5. The minimum atomic E-state index is 0.277. The van der Waals surface area contributed by atoms with E-state index >= 15 is 0 Å². The van der Waals surface area contributed by atoms with Crippen LogP contribution in [0.2, 0.25) is 0 Å². The van der Waals surface area contributed by atoms with Crippen molar-refractivity contribution >= 4 is 0 Å². The van der Waals surface area contributed by atoms with Crippen LogP contribution in [0.5, 0.6) is 5.75 Å². The van der Waals surface area contributed by atoms with Gasteiger partial charge in [-0.2, -0.15) is 5.26 Å². The standard InChI is InChI=1S/C14H21N3O/c1-17(2)14(11-16-9-5-8-15)12-6-4-7-13(10-12)18-3/h4,6-7,10,14,16H,5,9,11H2,1-3H3. The second kappa shape index (κ2) is 7.70. The van der Waals surface area contributed by atoms with E-state index in [2.05, 4.69) is 42.5 Å². The first-order valence-electron chi connectivity index (χ1n) is 6.07. The Morgan fingerprint density at radius 2 is 2.22 bits per heavy atom. The number of nitrogens with zero attached hydrogens (tertiary/aromatic N) is 2. The molecular formula is C14H21N3O. The molecule has 0 radical (unpaired) electrons. The monoisotopic (exact) mass is 247 g/mol. The average molecular weight is 247 g/mol. The second-order valence-corrected chi connectivity index (χ2v) is 4.37. The molecule has 1 rings (SSSR count). The fourth-order valence-electron chi connectivity index (χ4n) is 1.83. The van der Waals surface area contributed by atoms with Gasteiger partial charge in [-0.3, -0.25) is 0 Å². The minimum absolute atomic E-state index is 0.277. The first kappa shape index (κ1) is 14.5. The summed E-state index contributed by atoms with van der Waals surface area (Å²) in [6.45, 7) is 1.55. The van der Waals surface area contributed by atoms with E-state index in [1.54, 1.807) is 7.11 Å². The fraction of sp³-hybridized carbons (Fsp3) is 0.500.